The van der Waals surface area contributed by atoms with E-state index in [-0.39, 0.29) is 30.5 Å². The SMILES string of the molecule is CC(C)CC(NC(=O)c1ccc(N2CCC3(C2)CC3(F)F)c(OCC2CC2)n1)C(N)=O. The van der Waals surface area contributed by atoms with Crippen molar-refractivity contribution in [3.05, 3.63) is 17.8 Å². The Kier molecular flexibility index (Phi) is 5.55. The van der Waals surface area contributed by atoms with E-state index in [9.17, 15) is 18.4 Å². The molecule has 3 aliphatic rings. The van der Waals surface area contributed by atoms with Crippen LogP contribution in [0.25, 0.3) is 0 Å². The largest absolute Gasteiger partial charge is 0.476 e. The van der Waals surface area contributed by atoms with Crippen molar-refractivity contribution >= 4 is 17.5 Å². The van der Waals surface area contributed by atoms with Crippen molar-refractivity contribution in [2.75, 3.05) is 24.6 Å². The molecule has 0 aromatic carbocycles. The van der Waals surface area contributed by atoms with E-state index in [1.54, 1.807) is 6.07 Å². The molecule has 0 radical (unpaired) electrons. The average Bonchev–Trinajstić information content (AvgIpc) is 3.55. The van der Waals surface area contributed by atoms with Crippen LogP contribution in [0, 0.1) is 17.3 Å². The number of halogens is 2. The van der Waals surface area contributed by atoms with Crippen LogP contribution in [0.15, 0.2) is 12.1 Å². The normalized spacial score (nSPS) is 25.0. The first-order chi connectivity index (χ1) is 14.6. The van der Waals surface area contributed by atoms with Crippen LogP contribution in [0.4, 0.5) is 14.5 Å². The van der Waals surface area contributed by atoms with Gasteiger partial charge in [0.25, 0.3) is 11.8 Å². The number of primary amides is 1. The minimum atomic E-state index is -2.61. The Morgan fingerprint density at radius 2 is 2.06 bits per heavy atom. The van der Waals surface area contributed by atoms with E-state index < -0.39 is 29.2 Å². The van der Waals surface area contributed by atoms with Crippen LogP contribution in [-0.4, -0.2) is 48.5 Å². The quantitative estimate of drug-likeness (QED) is 0.620. The molecule has 2 saturated carbocycles. The Morgan fingerprint density at radius 1 is 1.35 bits per heavy atom. The molecule has 170 valence electrons. The Hall–Kier alpha value is -2.45. The molecule has 2 aliphatic carbocycles. The zero-order valence-electron chi connectivity index (χ0n) is 18.0. The summed E-state index contributed by atoms with van der Waals surface area (Å²) >= 11 is 0. The van der Waals surface area contributed by atoms with Crippen LogP contribution < -0.4 is 20.7 Å². The van der Waals surface area contributed by atoms with Gasteiger partial charge in [-0.1, -0.05) is 13.8 Å². The molecule has 7 nitrogen and oxygen atoms in total. The predicted octanol–water partition coefficient (Wildman–Crippen LogP) is 2.74. The molecule has 1 aliphatic heterocycles. The molecule has 2 unspecified atom stereocenters. The highest BCUT2D eigenvalue weighted by Gasteiger charge is 2.72. The molecule has 2 atom stereocenters. The monoisotopic (exact) mass is 436 g/mol. The number of amides is 2. The summed E-state index contributed by atoms with van der Waals surface area (Å²) in [5, 5.41) is 2.65. The third-order valence-corrected chi connectivity index (χ3v) is 6.49. The molecule has 1 aromatic rings. The Balaban J connectivity index is 1.52. The second kappa shape index (κ2) is 7.91. The molecule has 9 heteroatoms. The zero-order valence-corrected chi connectivity index (χ0v) is 18.0. The lowest BCUT2D eigenvalue weighted by Gasteiger charge is -2.22. The summed E-state index contributed by atoms with van der Waals surface area (Å²) in [6.45, 7) is 5.11. The van der Waals surface area contributed by atoms with Crippen molar-refractivity contribution < 1.29 is 23.1 Å². The number of nitrogens with one attached hydrogen (secondary N) is 1. The minimum Gasteiger partial charge on any atom is -0.476 e. The van der Waals surface area contributed by atoms with Crippen LogP contribution in [-0.2, 0) is 4.79 Å². The molecule has 0 bridgehead atoms. The first-order valence-corrected chi connectivity index (χ1v) is 11.0. The van der Waals surface area contributed by atoms with E-state index in [1.807, 2.05) is 18.7 Å². The van der Waals surface area contributed by atoms with Crippen LogP contribution in [0.1, 0.15) is 56.4 Å². The number of nitrogens with two attached hydrogens (primary N) is 1. The van der Waals surface area contributed by atoms with Gasteiger partial charge in [-0.05, 0) is 49.7 Å². The topological polar surface area (TPSA) is 97.6 Å². The van der Waals surface area contributed by atoms with E-state index in [0.717, 1.165) is 12.8 Å². The first-order valence-electron chi connectivity index (χ1n) is 11.0. The average molecular weight is 437 g/mol. The number of ether oxygens (including phenoxy) is 1. The number of pyridine rings is 1. The van der Waals surface area contributed by atoms with E-state index in [0.29, 0.717) is 37.6 Å². The van der Waals surface area contributed by atoms with Gasteiger partial charge in [0.2, 0.25) is 11.8 Å². The van der Waals surface area contributed by atoms with E-state index in [4.69, 9.17) is 10.5 Å². The summed E-state index contributed by atoms with van der Waals surface area (Å²) in [7, 11) is 0. The van der Waals surface area contributed by atoms with Crippen molar-refractivity contribution in [2.24, 2.45) is 23.0 Å². The van der Waals surface area contributed by atoms with Gasteiger partial charge in [-0.2, -0.15) is 0 Å². The number of anilines is 1. The number of aromatic nitrogens is 1. The maximum absolute atomic E-state index is 13.8. The van der Waals surface area contributed by atoms with Crippen molar-refractivity contribution in [3.63, 3.8) is 0 Å². The van der Waals surface area contributed by atoms with E-state index in [2.05, 4.69) is 10.3 Å². The highest BCUT2D eigenvalue weighted by molar-refractivity contribution is 5.96. The van der Waals surface area contributed by atoms with E-state index in [1.165, 1.54) is 6.07 Å². The molecule has 2 heterocycles. The maximum Gasteiger partial charge on any atom is 0.270 e. The fraction of sp³-hybridized carbons (Fsp3) is 0.682. The molecule has 1 spiro atoms. The number of carbonyl (C=O) groups excluding carboxylic acids is 2. The van der Waals surface area contributed by atoms with Crippen molar-refractivity contribution in [2.45, 2.75) is 57.9 Å². The third-order valence-electron chi connectivity index (χ3n) is 6.49. The summed E-state index contributed by atoms with van der Waals surface area (Å²) in [4.78, 5) is 30.7. The molecule has 3 N–H and O–H groups in total. The standard InChI is InChI=1S/C22H30F2N4O3/c1-13(2)9-16(18(25)29)26-19(30)15-5-6-17(20(27-15)31-10-14-3-4-14)28-8-7-21(12-28)11-22(21,23)24/h5-6,13-14,16H,3-4,7-12H2,1-2H3,(H2,25,29)(H,26,30). The lowest BCUT2D eigenvalue weighted by Crippen LogP contribution is -2.45. The fourth-order valence-corrected chi connectivity index (χ4v) is 4.24. The number of alkyl halides is 2. The lowest BCUT2D eigenvalue weighted by atomic mass is 10.0. The summed E-state index contributed by atoms with van der Waals surface area (Å²) in [6, 6.07) is 2.45. The number of hydrogen-bond acceptors (Lipinski definition) is 5. The van der Waals surface area contributed by atoms with E-state index >= 15 is 0 Å². The van der Waals surface area contributed by atoms with Gasteiger partial charge in [0.15, 0.2) is 0 Å². The van der Waals surface area contributed by atoms with Gasteiger partial charge >= 0.3 is 0 Å². The van der Waals surface area contributed by atoms with Gasteiger partial charge in [-0.3, -0.25) is 9.59 Å². The van der Waals surface area contributed by atoms with Crippen LogP contribution in [0.2, 0.25) is 0 Å². The van der Waals surface area contributed by atoms with Crippen molar-refractivity contribution in [1.29, 1.82) is 0 Å². The molecule has 1 aromatic heterocycles. The molecule has 31 heavy (non-hydrogen) atoms. The van der Waals surface area contributed by atoms with Gasteiger partial charge in [-0.25, -0.2) is 13.8 Å². The Bertz CT molecular complexity index is 874. The first kappa shape index (κ1) is 21.8. The molecular weight excluding hydrogens is 406 g/mol. The summed E-state index contributed by atoms with van der Waals surface area (Å²) < 4.78 is 33.6. The van der Waals surface area contributed by atoms with Crippen LogP contribution >= 0.6 is 0 Å². The zero-order chi connectivity index (χ0) is 22.4. The molecular formula is C22H30F2N4O3. The Labute approximate surface area is 180 Å². The number of carbonyl (C=O) groups is 2. The molecule has 4 rings (SSSR count). The number of nitrogens with zero attached hydrogens (tertiary/aromatic N) is 2. The smallest absolute Gasteiger partial charge is 0.270 e. The van der Waals surface area contributed by atoms with Crippen molar-refractivity contribution in [3.8, 4) is 5.88 Å². The van der Waals surface area contributed by atoms with Gasteiger partial charge in [0.05, 0.1) is 17.7 Å². The summed E-state index contributed by atoms with van der Waals surface area (Å²) in [5.74, 6) is -2.80. The third kappa shape index (κ3) is 4.60. The second-order valence-corrected chi connectivity index (χ2v) is 9.67. The van der Waals surface area contributed by atoms with Crippen LogP contribution in [0.3, 0.4) is 0 Å². The highest BCUT2D eigenvalue weighted by atomic mass is 19.3. The number of hydrogen-bond donors (Lipinski definition) is 2. The highest BCUT2D eigenvalue weighted by Crippen LogP contribution is 2.65. The number of rotatable bonds is 9. The second-order valence-electron chi connectivity index (χ2n) is 9.67. The molecule has 2 amide bonds. The minimum absolute atomic E-state index is 0.0763. The predicted molar refractivity (Wildman–Crippen MR) is 111 cm³/mol. The van der Waals surface area contributed by atoms with Gasteiger partial charge in [-0.15, -0.1) is 0 Å². The van der Waals surface area contributed by atoms with Gasteiger partial charge < -0.3 is 20.7 Å². The fourth-order valence-electron chi connectivity index (χ4n) is 4.24. The van der Waals surface area contributed by atoms with Crippen molar-refractivity contribution in [1.82, 2.24) is 10.3 Å². The maximum atomic E-state index is 13.8. The molecule has 3 fully saturated rings. The van der Waals surface area contributed by atoms with Gasteiger partial charge in [0.1, 0.15) is 11.7 Å². The lowest BCUT2D eigenvalue weighted by molar-refractivity contribution is -0.120. The summed E-state index contributed by atoms with van der Waals surface area (Å²) in [6.07, 6.45) is 2.95. The van der Waals surface area contributed by atoms with Gasteiger partial charge in [0, 0.05) is 19.5 Å². The summed E-state index contributed by atoms with van der Waals surface area (Å²) in [5.41, 5.74) is 5.22. The van der Waals surface area contributed by atoms with Crippen LogP contribution in [0.5, 0.6) is 5.88 Å². The Morgan fingerprint density at radius 3 is 2.61 bits per heavy atom. The molecule has 1 saturated heterocycles.